The van der Waals surface area contributed by atoms with E-state index in [1.165, 1.54) is 12.1 Å². The third-order valence-electron chi connectivity index (χ3n) is 2.89. The summed E-state index contributed by atoms with van der Waals surface area (Å²) in [6.45, 7) is 2.45. The Morgan fingerprint density at radius 2 is 2.00 bits per heavy atom. The number of sulfone groups is 1. The Morgan fingerprint density at radius 1 is 1.36 bits per heavy atom. The third-order valence-corrected chi connectivity index (χ3v) is 4.02. The molecule has 120 valence electrons. The summed E-state index contributed by atoms with van der Waals surface area (Å²) >= 11 is 0. The molecule has 0 aliphatic heterocycles. The molecule has 0 aliphatic rings. The van der Waals surface area contributed by atoms with Gasteiger partial charge in [-0.15, -0.1) is 0 Å². The number of hydrogen-bond donors (Lipinski definition) is 1. The summed E-state index contributed by atoms with van der Waals surface area (Å²) < 4.78 is 28.1. The molecule has 0 bridgehead atoms. The van der Waals surface area contributed by atoms with Gasteiger partial charge in [0.1, 0.15) is 5.75 Å². The molecular formula is C15H20N2O4S. The van der Waals surface area contributed by atoms with Crippen molar-refractivity contribution in [1.29, 1.82) is 5.26 Å². The van der Waals surface area contributed by atoms with Crippen LogP contribution in [-0.2, 0) is 14.6 Å². The van der Waals surface area contributed by atoms with Crippen molar-refractivity contribution in [2.75, 3.05) is 19.4 Å². The van der Waals surface area contributed by atoms with Crippen LogP contribution in [0, 0.1) is 17.2 Å². The van der Waals surface area contributed by atoms with E-state index in [4.69, 9.17) is 10.00 Å². The Kier molecular flexibility index (Phi) is 6.86. The van der Waals surface area contributed by atoms with Crippen molar-refractivity contribution in [3.05, 3.63) is 24.3 Å². The van der Waals surface area contributed by atoms with Gasteiger partial charge in [-0.3, -0.25) is 4.79 Å². The molecule has 1 rings (SSSR count). The van der Waals surface area contributed by atoms with Crippen LogP contribution in [0.4, 0.5) is 0 Å². The minimum atomic E-state index is -3.20. The summed E-state index contributed by atoms with van der Waals surface area (Å²) in [5.74, 6) is 0.248. The molecule has 0 saturated heterocycles. The standard InChI is InChI=1S/C15H20N2O4S/c1-12(10-16)11-17-15(18)4-3-9-21-13-5-7-14(8-6-13)22(2,19)20/h5-8,12H,3-4,9,11H2,1-2H3,(H,17,18). The molecular weight excluding hydrogens is 304 g/mol. The van der Waals surface area contributed by atoms with Crippen LogP contribution in [0.3, 0.4) is 0 Å². The second-order valence-electron chi connectivity index (χ2n) is 5.03. The molecule has 6 nitrogen and oxygen atoms in total. The van der Waals surface area contributed by atoms with Crippen molar-refractivity contribution >= 4 is 15.7 Å². The van der Waals surface area contributed by atoms with Crippen molar-refractivity contribution in [2.24, 2.45) is 5.92 Å². The van der Waals surface area contributed by atoms with E-state index in [9.17, 15) is 13.2 Å². The van der Waals surface area contributed by atoms with Crippen LogP contribution >= 0.6 is 0 Å². The SMILES string of the molecule is CC(C#N)CNC(=O)CCCOc1ccc(S(C)(=O)=O)cc1. The monoisotopic (exact) mass is 324 g/mol. The number of carbonyl (C=O) groups excluding carboxylic acids is 1. The summed E-state index contributed by atoms with van der Waals surface area (Å²) in [6, 6.07) is 8.19. The lowest BCUT2D eigenvalue weighted by Crippen LogP contribution is -2.27. The molecule has 0 aromatic heterocycles. The quantitative estimate of drug-likeness (QED) is 0.731. The Balaban J connectivity index is 2.28. The number of amides is 1. The molecule has 22 heavy (non-hydrogen) atoms. The van der Waals surface area contributed by atoms with E-state index < -0.39 is 9.84 Å². The normalized spacial score (nSPS) is 12.2. The third kappa shape index (κ3) is 6.59. The molecule has 1 unspecified atom stereocenters. The number of nitrogens with zero attached hydrogens (tertiary/aromatic N) is 1. The van der Waals surface area contributed by atoms with Crippen molar-refractivity contribution in [1.82, 2.24) is 5.32 Å². The van der Waals surface area contributed by atoms with Gasteiger partial charge in [0, 0.05) is 19.2 Å². The molecule has 1 amide bonds. The molecule has 1 atom stereocenters. The first-order valence-corrected chi connectivity index (χ1v) is 8.81. The summed E-state index contributed by atoms with van der Waals surface area (Å²) in [5, 5.41) is 11.3. The maximum atomic E-state index is 11.5. The number of ether oxygens (including phenoxy) is 1. The second kappa shape index (κ2) is 8.39. The number of carbonyl (C=O) groups is 1. The second-order valence-corrected chi connectivity index (χ2v) is 7.05. The first-order valence-electron chi connectivity index (χ1n) is 6.92. The number of nitrogens with one attached hydrogen (secondary N) is 1. The number of nitriles is 1. The van der Waals surface area contributed by atoms with Crippen molar-refractivity contribution < 1.29 is 17.9 Å². The van der Waals surface area contributed by atoms with E-state index in [-0.39, 0.29) is 16.7 Å². The summed E-state index contributed by atoms with van der Waals surface area (Å²) in [6.07, 6.45) is 2.01. The van der Waals surface area contributed by atoms with Crippen LogP contribution < -0.4 is 10.1 Å². The first kappa shape index (κ1) is 18.0. The molecule has 0 saturated carbocycles. The molecule has 1 N–H and O–H groups in total. The molecule has 0 heterocycles. The lowest BCUT2D eigenvalue weighted by atomic mass is 10.2. The fourth-order valence-corrected chi connectivity index (χ4v) is 2.24. The average molecular weight is 324 g/mol. The van der Waals surface area contributed by atoms with Gasteiger partial charge in [0.15, 0.2) is 9.84 Å². The van der Waals surface area contributed by atoms with Crippen LogP contribution in [0.1, 0.15) is 19.8 Å². The van der Waals surface area contributed by atoms with E-state index in [0.29, 0.717) is 31.7 Å². The van der Waals surface area contributed by atoms with Gasteiger partial charge in [-0.25, -0.2) is 8.42 Å². The van der Waals surface area contributed by atoms with Gasteiger partial charge in [0.25, 0.3) is 0 Å². The molecule has 0 spiro atoms. The van der Waals surface area contributed by atoms with Gasteiger partial charge >= 0.3 is 0 Å². The maximum Gasteiger partial charge on any atom is 0.220 e. The van der Waals surface area contributed by atoms with Crippen LogP contribution in [0.25, 0.3) is 0 Å². The van der Waals surface area contributed by atoms with E-state index in [0.717, 1.165) is 6.26 Å². The van der Waals surface area contributed by atoms with Crippen molar-refractivity contribution in [2.45, 2.75) is 24.7 Å². The summed E-state index contributed by atoms with van der Waals surface area (Å²) in [7, 11) is -3.20. The topological polar surface area (TPSA) is 96.3 Å². The van der Waals surface area contributed by atoms with Gasteiger partial charge < -0.3 is 10.1 Å². The maximum absolute atomic E-state index is 11.5. The van der Waals surface area contributed by atoms with Crippen LogP contribution in [0.5, 0.6) is 5.75 Å². The lowest BCUT2D eigenvalue weighted by Gasteiger charge is -2.08. The van der Waals surface area contributed by atoms with Crippen LogP contribution in [0.2, 0.25) is 0 Å². The molecule has 1 aromatic rings. The highest BCUT2D eigenvalue weighted by Crippen LogP contribution is 2.16. The minimum Gasteiger partial charge on any atom is -0.494 e. The lowest BCUT2D eigenvalue weighted by molar-refractivity contribution is -0.121. The van der Waals surface area contributed by atoms with Gasteiger partial charge in [0.2, 0.25) is 5.91 Å². The Labute approximate surface area is 131 Å². The minimum absolute atomic E-state index is 0.113. The van der Waals surface area contributed by atoms with Crippen LogP contribution in [-0.4, -0.2) is 33.7 Å². The summed E-state index contributed by atoms with van der Waals surface area (Å²) in [5.41, 5.74) is 0. The van der Waals surface area contributed by atoms with Crippen LogP contribution in [0.15, 0.2) is 29.2 Å². The van der Waals surface area contributed by atoms with Gasteiger partial charge in [0.05, 0.1) is 23.5 Å². The molecule has 0 fully saturated rings. The number of rotatable bonds is 8. The highest BCUT2D eigenvalue weighted by Gasteiger charge is 2.07. The fourth-order valence-electron chi connectivity index (χ4n) is 1.61. The number of hydrogen-bond acceptors (Lipinski definition) is 5. The predicted octanol–water partition coefficient (Wildman–Crippen LogP) is 1.52. The number of benzene rings is 1. The van der Waals surface area contributed by atoms with E-state index >= 15 is 0 Å². The van der Waals surface area contributed by atoms with Gasteiger partial charge in [-0.2, -0.15) is 5.26 Å². The Bertz CT molecular complexity index is 633. The predicted molar refractivity (Wildman–Crippen MR) is 82.1 cm³/mol. The van der Waals surface area contributed by atoms with Gasteiger partial charge in [-0.1, -0.05) is 0 Å². The van der Waals surface area contributed by atoms with Crippen molar-refractivity contribution in [3.8, 4) is 11.8 Å². The smallest absolute Gasteiger partial charge is 0.220 e. The Morgan fingerprint density at radius 3 is 2.55 bits per heavy atom. The summed E-state index contributed by atoms with van der Waals surface area (Å²) in [4.78, 5) is 11.7. The zero-order valence-electron chi connectivity index (χ0n) is 12.7. The fraction of sp³-hybridized carbons (Fsp3) is 0.467. The van der Waals surface area contributed by atoms with Gasteiger partial charge in [-0.05, 0) is 37.6 Å². The first-order chi connectivity index (χ1) is 10.3. The largest absolute Gasteiger partial charge is 0.494 e. The van der Waals surface area contributed by atoms with E-state index in [1.807, 2.05) is 6.07 Å². The zero-order chi connectivity index (χ0) is 16.6. The van der Waals surface area contributed by atoms with Crippen molar-refractivity contribution in [3.63, 3.8) is 0 Å². The van der Waals surface area contributed by atoms with E-state index in [2.05, 4.69) is 5.32 Å². The highest BCUT2D eigenvalue weighted by atomic mass is 32.2. The van der Waals surface area contributed by atoms with E-state index in [1.54, 1.807) is 19.1 Å². The highest BCUT2D eigenvalue weighted by molar-refractivity contribution is 7.90. The molecule has 0 aliphatic carbocycles. The average Bonchev–Trinajstić information content (AvgIpc) is 2.48. The molecule has 0 radical (unpaired) electrons. The zero-order valence-corrected chi connectivity index (χ0v) is 13.5. The molecule has 1 aromatic carbocycles. The molecule has 7 heteroatoms. The Hall–Kier alpha value is -2.07.